The molecule has 0 amide bonds. The number of allylic oxidation sites excluding steroid dienone is 16. The van der Waals surface area contributed by atoms with Crippen molar-refractivity contribution in [3.05, 3.63) is 97.2 Å². The van der Waals surface area contributed by atoms with Crippen molar-refractivity contribution in [3.8, 4) is 0 Å². The molecule has 0 saturated heterocycles. The summed E-state index contributed by atoms with van der Waals surface area (Å²) in [5.41, 5.74) is 0. The first-order chi connectivity index (χ1) is 30.5. The van der Waals surface area contributed by atoms with E-state index < -0.39 is 6.10 Å². The number of esters is 3. The van der Waals surface area contributed by atoms with Crippen LogP contribution in [-0.2, 0) is 28.6 Å². The quantitative estimate of drug-likeness (QED) is 0.0200. The van der Waals surface area contributed by atoms with Crippen molar-refractivity contribution in [2.24, 2.45) is 0 Å². The molecule has 352 valence electrons. The summed E-state index contributed by atoms with van der Waals surface area (Å²) < 4.78 is 16.7. The van der Waals surface area contributed by atoms with E-state index in [-0.39, 0.29) is 37.5 Å². The van der Waals surface area contributed by atoms with Gasteiger partial charge in [-0.3, -0.25) is 14.4 Å². The number of hydrogen-bond donors (Lipinski definition) is 0. The minimum atomic E-state index is -0.810. The standard InChI is InChI=1S/C56H92O6/c1-4-7-10-13-16-19-22-25-27-28-30-31-34-37-40-43-46-49-55(58)61-52-53(51-60-54(57)48-45-42-39-36-33-24-21-18-15-12-9-6-3)62-56(59)50-47-44-41-38-35-32-29-26-23-20-17-14-11-8-5-2/h8-9,11-12,14,17-18,20-21,23,25,27,30-31,37,40,53H,4-7,10,13,15-16,19,22,24,26,28-29,32-36,38-39,41-52H2,1-3H3/b11-8-,12-9-,17-14-,21-18-,23-20-,27-25-,31-30-,40-37-. The Morgan fingerprint density at radius 1 is 0.355 bits per heavy atom. The zero-order valence-corrected chi connectivity index (χ0v) is 40.1. The highest BCUT2D eigenvalue weighted by molar-refractivity contribution is 5.71. The van der Waals surface area contributed by atoms with Gasteiger partial charge in [0.25, 0.3) is 0 Å². The third-order valence-electron chi connectivity index (χ3n) is 10.4. The summed E-state index contributed by atoms with van der Waals surface area (Å²) in [6, 6.07) is 0. The van der Waals surface area contributed by atoms with Crippen LogP contribution in [0.3, 0.4) is 0 Å². The Kier molecular flexibility index (Phi) is 47.0. The highest BCUT2D eigenvalue weighted by atomic mass is 16.6. The van der Waals surface area contributed by atoms with Gasteiger partial charge in [-0.1, -0.05) is 201 Å². The molecule has 0 bridgehead atoms. The lowest BCUT2D eigenvalue weighted by Crippen LogP contribution is -2.30. The molecule has 0 aliphatic heterocycles. The van der Waals surface area contributed by atoms with Crippen LogP contribution in [0.15, 0.2) is 97.2 Å². The summed E-state index contributed by atoms with van der Waals surface area (Å²) in [5, 5.41) is 0. The lowest BCUT2D eigenvalue weighted by Gasteiger charge is -2.18. The molecule has 0 rings (SSSR count). The van der Waals surface area contributed by atoms with Gasteiger partial charge in [0.15, 0.2) is 6.10 Å². The largest absolute Gasteiger partial charge is 0.462 e. The van der Waals surface area contributed by atoms with Crippen molar-refractivity contribution < 1.29 is 28.6 Å². The van der Waals surface area contributed by atoms with Crippen LogP contribution in [0.2, 0.25) is 0 Å². The highest BCUT2D eigenvalue weighted by Gasteiger charge is 2.19. The fourth-order valence-electron chi connectivity index (χ4n) is 6.61. The number of rotatable bonds is 44. The molecule has 0 heterocycles. The fourth-order valence-corrected chi connectivity index (χ4v) is 6.61. The van der Waals surface area contributed by atoms with E-state index in [0.717, 1.165) is 109 Å². The molecule has 1 atom stereocenters. The molecule has 0 aliphatic rings. The number of unbranched alkanes of at least 4 members (excludes halogenated alkanes) is 19. The van der Waals surface area contributed by atoms with E-state index >= 15 is 0 Å². The van der Waals surface area contributed by atoms with Gasteiger partial charge in [-0.05, 0) is 96.3 Å². The van der Waals surface area contributed by atoms with Gasteiger partial charge in [0.1, 0.15) is 13.2 Å². The Balaban J connectivity index is 4.50. The summed E-state index contributed by atoms with van der Waals surface area (Å²) in [4.78, 5) is 37.9. The molecule has 62 heavy (non-hydrogen) atoms. The average molecular weight is 861 g/mol. The van der Waals surface area contributed by atoms with Crippen molar-refractivity contribution in [2.45, 2.75) is 226 Å². The summed E-state index contributed by atoms with van der Waals surface area (Å²) in [6.45, 7) is 6.31. The molecule has 0 aliphatic carbocycles. The number of hydrogen-bond acceptors (Lipinski definition) is 6. The maximum atomic E-state index is 12.8. The van der Waals surface area contributed by atoms with Crippen LogP contribution in [0.25, 0.3) is 0 Å². The molecule has 6 heteroatoms. The maximum absolute atomic E-state index is 12.8. The van der Waals surface area contributed by atoms with Gasteiger partial charge in [0.2, 0.25) is 0 Å². The lowest BCUT2D eigenvalue weighted by molar-refractivity contribution is -0.167. The third-order valence-corrected chi connectivity index (χ3v) is 10.4. The van der Waals surface area contributed by atoms with Crippen LogP contribution >= 0.6 is 0 Å². The van der Waals surface area contributed by atoms with Crippen LogP contribution in [0.5, 0.6) is 0 Å². The smallest absolute Gasteiger partial charge is 0.306 e. The van der Waals surface area contributed by atoms with Gasteiger partial charge < -0.3 is 14.2 Å². The number of carbonyl (C=O) groups excluding carboxylic acids is 3. The van der Waals surface area contributed by atoms with Crippen LogP contribution < -0.4 is 0 Å². The molecule has 0 N–H and O–H groups in total. The topological polar surface area (TPSA) is 78.9 Å². The molecular formula is C56H92O6. The van der Waals surface area contributed by atoms with Gasteiger partial charge >= 0.3 is 17.9 Å². The van der Waals surface area contributed by atoms with E-state index in [1.807, 2.05) is 0 Å². The predicted molar refractivity (Wildman–Crippen MR) is 265 cm³/mol. The van der Waals surface area contributed by atoms with E-state index in [1.165, 1.54) is 64.2 Å². The van der Waals surface area contributed by atoms with E-state index in [1.54, 1.807) is 0 Å². The van der Waals surface area contributed by atoms with Crippen LogP contribution in [0.4, 0.5) is 0 Å². The molecule has 0 fully saturated rings. The minimum absolute atomic E-state index is 0.107. The van der Waals surface area contributed by atoms with Crippen molar-refractivity contribution in [1.82, 2.24) is 0 Å². The normalized spacial score (nSPS) is 12.9. The van der Waals surface area contributed by atoms with Gasteiger partial charge in [0, 0.05) is 19.3 Å². The number of carbonyl (C=O) groups is 3. The molecule has 0 aromatic heterocycles. The molecule has 1 unspecified atom stereocenters. The highest BCUT2D eigenvalue weighted by Crippen LogP contribution is 2.13. The first kappa shape index (κ1) is 58.3. The van der Waals surface area contributed by atoms with Gasteiger partial charge in [-0.15, -0.1) is 0 Å². The zero-order chi connectivity index (χ0) is 45.1. The maximum Gasteiger partial charge on any atom is 0.306 e. The fraction of sp³-hybridized carbons (Fsp3) is 0.661. The van der Waals surface area contributed by atoms with E-state index in [4.69, 9.17) is 14.2 Å². The van der Waals surface area contributed by atoms with Crippen molar-refractivity contribution >= 4 is 17.9 Å². The average Bonchev–Trinajstić information content (AvgIpc) is 3.27. The van der Waals surface area contributed by atoms with E-state index in [2.05, 4.69) is 118 Å². The molecule has 0 aromatic carbocycles. The molecule has 6 nitrogen and oxygen atoms in total. The summed E-state index contributed by atoms with van der Waals surface area (Å²) in [6.07, 6.45) is 65.4. The summed E-state index contributed by atoms with van der Waals surface area (Å²) in [7, 11) is 0. The molecule has 0 aromatic rings. The summed E-state index contributed by atoms with van der Waals surface area (Å²) >= 11 is 0. The summed E-state index contributed by atoms with van der Waals surface area (Å²) in [5.74, 6) is -0.992. The van der Waals surface area contributed by atoms with E-state index in [0.29, 0.717) is 19.3 Å². The Hall–Kier alpha value is -3.67. The zero-order valence-electron chi connectivity index (χ0n) is 40.1. The first-order valence-electron chi connectivity index (χ1n) is 25.3. The third kappa shape index (κ3) is 47.4. The van der Waals surface area contributed by atoms with Crippen LogP contribution in [-0.4, -0.2) is 37.2 Å². The molecule has 0 saturated carbocycles. The number of ether oxygens (including phenoxy) is 3. The Bertz CT molecular complexity index is 1260. The first-order valence-corrected chi connectivity index (χ1v) is 25.3. The Morgan fingerprint density at radius 2 is 0.726 bits per heavy atom. The Labute approximate surface area is 381 Å². The van der Waals surface area contributed by atoms with Gasteiger partial charge in [-0.2, -0.15) is 0 Å². The second kappa shape index (κ2) is 50.0. The minimum Gasteiger partial charge on any atom is -0.462 e. The van der Waals surface area contributed by atoms with Crippen molar-refractivity contribution in [3.63, 3.8) is 0 Å². The van der Waals surface area contributed by atoms with Gasteiger partial charge in [0.05, 0.1) is 0 Å². The van der Waals surface area contributed by atoms with Crippen molar-refractivity contribution in [1.29, 1.82) is 0 Å². The second-order valence-electron chi connectivity index (χ2n) is 16.4. The predicted octanol–water partition coefficient (Wildman–Crippen LogP) is 16.6. The lowest BCUT2D eigenvalue weighted by atomic mass is 10.1. The van der Waals surface area contributed by atoms with Crippen molar-refractivity contribution in [2.75, 3.05) is 13.2 Å². The van der Waals surface area contributed by atoms with Gasteiger partial charge in [-0.25, -0.2) is 0 Å². The molecule has 0 radical (unpaired) electrons. The second-order valence-corrected chi connectivity index (χ2v) is 16.4. The van der Waals surface area contributed by atoms with E-state index in [9.17, 15) is 14.4 Å². The SMILES string of the molecule is CC\C=C/C=C\C=C/CCCCCCCCCC(=O)OC(COC(=O)CCC/C=C\C/C=C\C/C=C\CCCCCCCC)COC(=O)CCCCCCC/C=C\C/C=C\CC. The molecule has 0 spiro atoms. The molecular weight excluding hydrogens is 769 g/mol. The van der Waals surface area contributed by atoms with Crippen LogP contribution in [0, 0.1) is 0 Å². The monoisotopic (exact) mass is 861 g/mol. The van der Waals surface area contributed by atoms with Crippen LogP contribution in [0.1, 0.15) is 220 Å². The Morgan fingerprint density at radius 3 is 1.23 bits per heavy atom.